The van der Waals surface area contributed by atoms with Crippen molar-refractivity contribution in [3.05, 3.63) is 21.9 Å². The van der Waals surface area contributed by atoms with Crippen molar-refractivity contribution < 1.29 is 9.53 Å². The summed E-state index contributed by atoms with van der Waals surface area (Å²) in [4.78, 5) is 12.4. The Kier molecular flexibility index (Phi) is 3.62. The highest BCUT2D eigenvalue weighted by molar-refractivity contribution is 7.12. The van der Waals surface area contributed by atoms with Crippen molar-refractivity contribution in [1.82, 2.24) is 5.43 Å². The van der Waals surface area contributed by atoms with Gasteiger partial charge in [-0.25, -0.2) is 5.84 Å². The van der Waals surface area contributed by atoms with Crippen LogP contribution in [-0.4, -0.2) is 12.0 Å². The van der Waals surface area contributed by atoms with Gasteiger partial charge < -0.3 is 4.74 Å². The number of hydrogen-bond donors (Lipinski definition) is 2. The molecule has 2 bridgehead atoms. The van der Waals surface area contributed by atoms with E-state index in [0.717, 1.165) is 17.9 Å². The molecule has 0 saturated heterocycles. The summed E-state index contributed by atoms with van der Waals surface area (Å²) in [6.45, 7) is 7.62. The molecule has 1 heterocycles. The second-order valence-electron chi connectivity index (χ2n) is 7.16. The minimum atomic E-state index is -0.233. The van der Waals surface area contributed by atoms with Crippen LogP contribution < -0.4 is 11.3 Å². The molecule has 1 aromatic heterocycles. The smallest absolute Gasteiger partial charge is 0.275 e. The van der Waals surface area contributed by atoms with Gasteiger partial charge in [-0.15, -0.1) is 11.3 Å². The summed E-state index contributed by atoms with van der Waals surface area (Å²) < 4.78 is 6.24. The number of hydrazine groups is 1. The number of fused-ring (bicyclic) bond motifs is 2. The molecule has 1 aromatic rings. The van der Waals surface area contributed by atoms with Crippen molar-refractivity contribution in [2.75, 3.05) is 0 Å². The average Bonchev–Trinajstić information content (AvgIpc) is 3.06. The van der Waals surface area contributed by atoms with E-state index in [9.17, 15) is 4.79 Å². The van der Waals surface area contributed by atoms with E-state index < -0.39 is 0 Å². The van der Waals surface area contributed by atoms with Gasteiger partial charge in [-0.2, -0.15) is 0 Å². The molecule has 3 unspecified atom stereocenters. The number of nitrogen functional groups attached to an aromatic ring is 1. The highest BCUT2D eigenvalue weighted by Gasteiger charge is 2.61. The molecule has 2 aliphatic carbocycles. The Balaban J connectivity index is 1.70. The second-order valence-corrected chi connectivity index (χ2v) is 8.07. The van der Waals surface area contributed by atoms with Crippen molar-refractivity contribution in [3.8, 4) is 0 Å². The van der Waals surface area contributed by atoms with Crippen molar-refractivity contribution in [3.63, 3.8) is 0 Å². The first-order valence-electron chi connectivity index (χ1n) is 7.59. The molecule has 116 valence electrons. The normalized spacial score (nSPS) is 33.3. The molecule has 3 N–H and O–H groups in total. The molecule has 4 nitrogen and oxygen atoms in total. The third-order valence-electron chi connectivity index (χ3n) is 6.24. The largest absolute Gasteiger partial charge is 0.373 e. The van der Waals surface area contributed by atoms with Crippen LogP contribution in [0.15, 0.2) is 11.4 Å². The van der Waals surface area contributed by atoms with Crippen molar-refractivity contribution in [2.24, 2.45) is 22.6 Å². The fourth-order valence-electron chi connectivity index (χ4n) is 4.29. The molecule has 2 fully saturated rings. The molecular weight excluding hydrogens is 284 g/mol. The molecule has 3 atom stereocenters. The molecule has 3 rings (SSSR count). The van der Waals surface area contributed by atoms with E-state index in [1.165, 1.54) is 24.2 Å². The third-order valence-corrected chi connectivity index (χ3v) is 7.19. The van der Waals surface area contributed by atoms with Crippen LogP contribution >= 0.6 is 11.3 Å². The van der Waals surface area contributed by atoms with E-state index >= 15 is 0 Å². The minimum Gasteiger partial charge on any atom is -0.373 e. The van der Waals surface area contributed by atoms with Gasteiger partial charge in [-0.1, -0.05) is 20.8 Å². The fraction of sp³-hybridized carbons (Fsp3) is 0.688. The number of carbonyl (C=O) groups excluding carboxylic acids is 1. The molecule has 5 heteroatoms. The number of thiophene rings is 1. The first-order valence-corrected chi connectivity index (χ1v) is 8.47. The van der Waals surface area contributed by atoms with Crippen LogP contribution in [0.5, 0.6) is 0 Å². The predicted octanol–water partition coefficient (Wildman–Crippen LogP) is 3.08. The standard InChI is InChI=1S/C16H24N2O2S/c1-15(2)11-4-6-16(15,3)12(8-11)20-9-10-5-7-21-13(10)14(19)18-17/h5,7,11-12H,4,6,8-9,17H2,1-3H3,(H,18,19). The van der Waals surface area contributed by atoms with Crippen LogP contribution in [-0.2, 0) is 11.3 Å². The number of rotatable bonds is 4. The van der Waals surface area contributed by atoms with Gasteiger partial charge in [-0.3, -0.25) is 10.2 Å². The summed E-state index contributed by atoms with van der Waals surface area (Å²) in [6.07, 6.45) is 4.00. The van der Waals surface area contributed by atoms with Crippen LogP contribution in [0.1, 0.15) is 55.3 Å². The van der Waals surface area contributed by atoms with Crippen molar-refractivity contribution in [1.29, 1.82) is 0 Å². The van der Waals surface area contributed by atoms with Gasteiger partial charge in [0.1, 0.15) is 0 Å². The molecule has 0 aliphatic heterocycles. The lowest BCUT2D eigenvalue weighted by Gasteiger charge is -2.38. The first-order chi connectivity index (χ1) is 9.90. The quantitative estimate of drug-likeness (QED) is 0.510. The van der Waals surface area contributed by atoms with Crippen LogP contribution in [0, 0.1) is 16.7 Å². The number of nitrogens with two attached hydrogens (primary N) is 1. The number of carbonyl (C=O) groups is 1. The Morgan fingerprint density at radius 1 is 1.52 bits per heavy atom. The third kappa shape index (κ3) is 2.14. The van der Waals surface area contributed by atoms with Crippen LogP contribution in [0.2, 0.25) is 0 Å². The molecule has 2 saturated carbocycles. The Morgan fingerprint density at radius 3 is 2.86 bits per heavy atom. The van der Waals surface area contributed by atoms with E-state index in [-0.39, 0.29) is 11.3 Å². The summed E-state index contributed by atoms with van der Waals surface area (Å²) in [6, 6.07) is 1.95. The monoisotopic (exact) mass is 308 g/mol. The average molecular weight is 308 g/mol. The highest BCUT2D eigenvalue weighted by atomic mass is 32.1. The maximum Gasteiger partial charge on any atom is 0.275 e. The van der Waals surface area contributed by atoms with Crippen LogP contribution in [0.4, 0.5) is 0 Å². The second kappa shape index (κ2) is 5.07. The van der Waals surface area contributed by atoms with Gasteiger partial charge in [0.05, 0.1) is 17.6 Å². The van der Waals surface area contributed by atoms with Crippen molar-refractivity contribution in [2.45, 2.75) is 52.7 Å². The summed E-state index contributed by atoms with van der Waals surface area (Å²) in [5.41, 5.74) is 3.74. The van der Waals surface area contributed by atoms with Gasteiger partial charge in [0.25, 0.3) is 5.91 Å². The zero-order chi connectivity index (χ0) is 15.3. The first kappa shape index (κ1) is 15.0. The van der Waals surface area contributed by atoms with Gasteiger partial charge in [0.2, 0.25) is 0 Å². The Labute approximate surface area is 130 Å². The van der Waals surface area contributed by atoms with Crippen molar-refractivity contribution >= 4 is 17.2 Å². The van der Waals surface area contributed by atoms with E-state index in [1.807, 2.05) is 11.4 Å². The molecule has 21 heavy (non-hydrogen) atoms. The van der Waals surface area contributed by atoms with E-state index in [2.05, 4.69) is 26.2 Å². The number of nitrogens with one attached hydrogen (secondary N) is 1. The molecule has 1 amide bonds. The topological polar surface area (TPSA) is 64.3 Å². The maximum atomic E-state index is 11.7. The predicted molar refractivity (Wildman–Crippen MR) is 83.8 cm³/mol. The molecular formula is C16H24N2O2S. The Hall–Kier alpha value is -0.910. The van der Waals surface area contributed by atoms with Crippen LogP contribution in [0.25, 0.3) is 0 Å². The molecule has 0 aromatic carbocycles. The number of hydrogen-bond acceptors (Lipinski definition) is 4. The number of ether oxygens (including phenoxy) is 1. The lowest BCUT2D eigenvalue weighted by Crippen LogP contribution is -2.37. The molecule has 0 radical (unpaired) electrons. The zero-order valence-electron chi connectivity index (χ0n) is 12.9. The van der Waals surface area contributed by atoms with Crippen LogP contribution in [0.3, 0.4) is 0 Å². The van der Waals surface area contributed by atoms with E-state index in [1.54, 1.807) is 0 Å². The van der Waals surface area contributed by atoms with E-state index in [0.29, 0.717) is 23.0 Å². The zero-order valence-corrected chi connectivity index (χ0v) is 13.8. The summed E-state index contributed by atoms with van der Waals surface area (Å²) >= 11 is 1.41. The summed E-state index contributed by atoms with van der Waals surface area (Å²) in [5, 5.41) is 1.91. The van der Waals surface area contributed by atoms with E-state index in [4.69, 9.17) is 10.6 Å². The van der Waals surface area contributed by atoms with Gasteiger partial charge >= 0.3 is 0 Å². The molecule has 2 aliphatic rings. The minimum absolute atomic E-state index is 0.233. The van der Waals surface area contributed by atoms with Gasteiger partial charge in [0.15, 0.2) is 0 Å². The lowest BCUT2D eigenvalue weighted by atomic mass is 9.70. The summed E-state index contributed by atoms with van der Waals surface area (Å²) in [5.74, 6) is 5.76. The maximum absolute atomic E-state index is 11.7. The Morgan fingerprint density at radius 2 is 2.29 bits per heavy atom. The SMILES string of the molecule is CC1(C)C2CCC1(C)C(OCc1ccsc1C(=O)NN)C2. The summed E-state index contributed by atoms with van der Waals surface area (Å²) in [7, 11) is 0. The lowest BCUT2D eigenvalue weighted by molar-refractivity contribution is -0.0550. The Bertz CT molecular complexity index is 554. The molecule has 0 spiro atoms. The van der Waals surface area contributed by atoms with Gasteiger partial charge in [-0.05, 0) is 47.5 Å². The highest BCUT2D eigenvalue weighted by Crippen LogP contribution is 2.66. The fourth-order valence-corrected chi connectivity index (χ4v) is 5.10. The van der Waals surface area contributed by atoms with Gasteiger partial charge in [0, 0.05) is 5.56 Å². The number of amides is 1.